The van der Waals surface area contributed by atoms with Gasteiger partial charge in [-0.1, -0.05) is 17.6 Å². The van der Waals surface area contributed by atoms with Crippen LogP contribution in [0, 0.1) is 0 Å². The molecule has 0 aliphatic carbocycles. The number of hydrogen-bond acceptors (Lipinski definition) is 2. The summed E-state index contributed by atoms with van der Waals surface area (Å²) in [6.45, 7) is 0. The van der Waals surface area contributed by atoms with E-state index in [9.17, 15) is 0 Å². The number of nitrogens with zero attached hydrogens (tertiary/aromatic N) is 1. The summed E-state index contributed by atoms with van der Waals surface area (Å²) in [5, 5.41) is 1.05. The Labute approximate surface area is 71.8 Å². The van der Waals surface area contributed by atoms with E-state index >= 15 is 0 Å². The number of hydrogen-bond donors (Lipinski definition) is 1. The molecule has 1 aromatic carbocycles. The van der Waals surface area contributed by atoms with E-state index in [4.69, 9.17) is 13.6 Å². The maximum Gasteiger partial charge on any atom is 0.124 e. The second-order valence-electron chi connectivity index (χ2n) is 2.69. The molecule has 2 N–H and O–H groups in total. The Morgan fingerprint density at radius 2 is 1.92 bits per heavy atom. The molecule has 0 unspecified atom stereocenters. The second kappa shape index (κ2) is 2.52. The summed E-state index contributed by atoms with van der Waals surface area (Å²) >= 11 is 0. The lowest BCUT2D eigenvalue weighted by Crippen LogP contribution is -2.01. The Balaban J connectivity index is 2.80. The number of rotatable bonds is 0. The van der Waals surface area contributed by atoms with Crippen LogP contribution in [-0.2, 0) is 0 Å². The molecule has 0 atom stereocenters. The molecule has 12 heavy (non-hydrogen) atoms. The van der Waals surface area contributed by atoms with Crippen LogP contribution in [0.1, 0.15) is 0 Å². The predicted octanol–water partition coefficient (Wildman–Crippen LogP) is 0.611. The monoisotopic (exact) mass is 154 g/mol. The Hall–Kier alpha value is -1.51. The summed E-state index contributed by atoms with van der Waals surface area (Å²) in [5.74, 6) is 0.521. The Morgan fingerprint density at radius 1 is 1.17 bits per heavy atom. The van der Waals surface area contributed by atoms with Crippen molar-refractivity contribution in [3.63, 3.8) is 0 Å². The lowest BCUT2D eigenvalue weighted by atomic mass is 9.95. The second-order valence-corrected chi connectivity index (χ2v) is 2.69. The van der Waals surface area contributed by atoms with Crippen molar-refractivity contribution in [1.29, 1.82) is 0 Å². The van der Waals surface area contributed by atoms with E-state index in [1.807, 2.05) is 24.3 Å². The molecule has 2 rings (SSSR count). The van der Waals surface area contributed by atoms with Gasteiger partial charge in [-0.25, -0.2) is 4.98 Å². The van der Waals surface area contributed by atoms with Gasteiger partial charge in [-0.2, -0.15) is 0 Å². The van der Waals surface area contributed by atoms with Gasteiger partial charge in [0.1, 0.15) is 13.7 Å². The predicted molar refractivity (Wildman–Crippen MR) is 51.5 cm³/mol. The van der Waals surface area contributed by atoms with Crippen molar-refractivity contribution in [3.05, 3.63) is 30.3 Å². The minimum absolute atomic E-state index is 0.521. The maximum atomic E-state index is 5.59. The highest BCUT2D eigenvalue weighted by molar-refractivity contribution is 6.33. The van der Waals surface area contributed by atoms with Gasteiger partial charge in [-0.05, 0) is 18.2 Å². The van der Waals surface area contributed by atoms with Crippen molar-refractivity contribution in [3.8, 4) is 0 Å². The fraction of sp³-hybridized carbons (Fsp3) is 0. The molecule has 0 amide bonds. The largest absolute Gasteiger partial charge is 0.384 e. The normalized spacial score (nSPS) is 10.3. The lowest BCUT2D eigenvalue weighted by molar-refractivity contribution is 1.42. The topological polar surface area (TPSA) is 38.9 Å². The van der Waals surface area contributed by atoms with Crippen molar-refractivity contribution >= 4 is 30.0 Å². The van der Waals surface area contributed by atoms with Gasteiger partial charge in [0.2, 0.25) is 0 Å². The minimum Gasteiger partial charge on any atom is -0.384 e. The zero-order chi connectivity index (χ0) is 8.55. The Morgan fingerprint density at radius 3 is 2.75 bits per heavy atom. The average Bonchev–Trinajstić information content (AvgIpc) is 2.03. The quantitative estimate of drug-likeness (QED) is 0.564. The average molecular weight is 154 g/mol. The van der Waals surface area contributed by atoms with Gasteiger partial charge < -0.3 is 5.73 Å². The highest BCUT2D eigenvalue weighted by Gasteiger charge is 1.94. The molecule has 0 saturated carbocycles. The highest BCUT2D eigenvalue weighted by atomic mass is 14.8. The number of benzene rings is 1. The maximum absolute atomic E-state index is 5.59. The van der Waals surface area contributed by atoms with Crippen molar-refractivity contribution in [1.82, 2.24) is 4.98 Å². The van der Waals surface area contributed by atoms with E-state index in [1.54, 1.807) is 6.07 Å². The van der Waals surface area contributed by atoms with Crippen LogP contribution in [0.4, 0.5) is 5.82 Å². The molecule has 1 aromatic heterocycles. The van der Waals surface area contributed by atoms with Gasteiger partial charge in [-0.3, -0.25) is 0 Å². The van der Waals surface area contributed by atoms with Crippen LogP contribution in [-0.4, -0.2) is 12.8 Å². The van der Waals surface area contributed by atoms with Crippen LogP contribution in [0.2, 0.25) is 0 Å². The fourth-order valence-corrected chi connectivity index (χ4v) is 1.15. The summed E-state index contributed by atoms with van der Waals surface area (Å²) in [6, 6.07) is 9.29. The molecule has 0 fully saturated rings. The van der Waals surface area contributed by atoms with Crippen LogP contribution in [0.15, 0.2) is 30.3 Å². The third-order valence-corrected chi connectivity index (χ3v) is 1.74. The van der Waals surface area contributed by atoms with E-state index in [-0.39, 0.29) is 0 Å². The van der Waals surface area contributed by atoms with Crippen molar-refractivity contribution in [2.75, 3.05) is 5.73 Å². The molecule has 3 heteroatoms. The molecular formula is C9H7BN2. The van der Waals surface area contributed by atoms with Gasteiger partial charge in [0.25, 0.3) is 0 Å². The number of pyridine rings is 1. The van der Waals surface area contributed by atoms with Crippen LogP contribution in [0.25, 0.3) is 10.9 Å². The highest BCUT2D eigenvalue weighted by Crippen LogP contribution is 2.10. The summed E-state index contributed by atoms with van der Waals surface area (Å²) < 4.78 is 0. The first-order chi connectivity index (χ1) is 5.75. The summed E-state index contributed by atoms with van der Waals surface area (Å²) in [5.41, 5.74) is 7.07. The van der Waals surface area contributed by atoms with Crippen molar-refractivity contribution in [2.45, 2.75) is 0 Å². The smallest absolute Gasteiger partial charge is 0.124 e. The SMILES string of the molecule is [B]c1ccc2ccc(N)nc2c1. The fourth-order valence-electron chi connectivity index (χ4n) is 1.15. The molecule has 2 nitrogen and oxygen atoms in total. The molecule has 56 valence electrons. The van der Waals surface area contributed by atoms with E-state index in [2.05, 4.69) is 4.98 Å². The van der Waals surface area contributed by atoms with Crippen LogP contribution in [0.5, 0.6) is 0 Å². The first kappa shape index (κ1) is 7.16. The third-order valence-electron chi connectivity index (χ3n) is 1.74. The number of fused-ring (bicyclic) bond motifs is 1. The molecule has 0 bridgehead atoms. The number of nitrogens with two attached hydrogens (primary N) is 1. The molecule has 0 saturated heterocycles. The molecule has 0 aliphatic rings. The van der Waals surface area contributed by atoms with Crippen molar-refractivity contribution < 1.29 is 0 Å². The van der Waals surface area contributed by atoms with Gasteiger partial charge in [-0.15, -0.1) is 0 Å². The summed E-state index contributed by atoms with van der Waals surface area (Å²) in [4.78, 5) is 4.13. The van der Waals surface area contributed by atoms with Gasteiger partial charge in [0, 0.05) is 5.39 Å². The van der Waals surface area contributed by atoms with Gasteiger partial charge in [0.05, 0.1) is 5.52 Å². The molecule has 0 aliphatic heterocycles. The zero-order valence-electron chi connectivity index (χ0n) is 6.49. The zero-order valence-corrected chi connectivity index (χ0v) is 6.49. The Bertz CT molecular complexity index is 389. The van der Waals surface area contributed by atoms with E-state index in [0.29, 0.717) is 11.3 Å². The lowest BCUT2D eigenvalue weighted by Gasteiger charge is -1.99. The van der Waals surface area contributed by atoms with Crippen LogP contribution >= 0.6 is 0 Å². The Kier molecular flexibility index (Phi) is 1.50. The van der Waals surface area contributed by atoms with E-state index < -0.39 is 0 Å². The first-order valence-corrected chi connectivity index (χ1v) is 3.67. The third kappa shape index (κ3) is 1.14. The number of nitrogen functional groups attached to an aromatic ring is 1. The minimum atomic E-state index is 0.521. The molecule has 1 heterocycles. The van der Waals surface area contributed by atoms with Gasteiger partial charge >= 0.3 is 0 Å². The first-order valence-electron chi connectivity index (χ1n) is 3.67. The van der Waals surface area contributed by atoms with Crippen molar-refractivity contribution in [2.24, 2.45) is 0 Å². The van der Waals surface area contributed by atoms with E-state index in [1.165, 1.54) is 0 Å². The van der Waals surface area contributed by atoms with E-state index in [0.717, 1.165) is 10.9 Å². The standard InChI is InChI=1S/C9H7BN2/c10-7-3-1-6-2-4-9(11)12-8(6)5-7/h1-5H,(H2,11,12). The number of aromatic nitrogens is 1. The molecule has 0 spiro atoms. The van der Waals surface area contributed by atoms with Crippen LogP contribution in [0.3, 0.4) is 0 Å². The number of anilines is 1. The molecule has 2 radical (unpaired) electrons. The van der Waals surface area contributed by atoms with Crippen LogP contribution < -0.4 is 11.2 Å². The van der Waals surface area contributed by atoms with Gasteiger partial charge in [0.15, 0.2) is 0 Å². The molecular weight excluding hydrogens is 147 g/mol. The molecule has 2 aromatic rings. The summed E-state index contributed by atoms with van der Waals surface area (Å²) in [6.07, 6.45) is 0. The summed E-state index contributed by atoms with van der Waals surface area (Å²) in [7, 11) is 5.59.